The van der Waals surface area contributed by atoms with Gasteiger partial charge in [0.2, 0.25) is 0 Å². The zero-order chi connectivity index (χ0) is 16.5. The van der Waals surface area contributed by atoms with E-state index >= 15 is 0 Å². The number of para-hydroxylation sites is 2. The minimum Gasteiger partial charge on any atom is -0.497 e. The van der Waals surface area contributed by atoms with Crippen LogP contribution < -0.4 is 4.74 Å². The number of aromatic amines is 2. The summed E-state index contributed by atoms with van der Waals surface area (Å²) in [5.41, 5.74) is 4.14. The Kier molecular flexibility index (Phi) is 3.29. The van der Waals surface area contributed by atoms with Gasteiger partial charge in [-0.15, -0.1) is 0 Å². The first-order valence-corrected chi connectivity index (χ1v) is 7.50. The summed E-state index contributed by atoms with van der Waals surface area (Å²) < 4.78 is 5.28. The van der Waals surface area contributed by atoms with Crippen LogP contribution in [-0.2, 0) is 0 Å². The van der Waals surface area contributed by atoms with E-state index in [0.29, 0.717) is 11.4 Å². The number of hydrogen-bond donors (Lipinski definition) is 2. The van der Waals surface area contributed by atoms with Gasteiger partial charge < -0.3 is 14.7 Å². The molecule has 4 rings (SSSR count). The van der Waals surface area contributed by atoms with Crippen molar-refractivity contribution in [3.05, 3.63) is 60.0 Å². The first kappa shape index (κ1) is 14.1. The maximum absolute atomic E-state index is 9.56. The average Bonchev–Trinajstić information content (AvgIpc) is 3.22. The summed E-state index contributed by atoms with van der Waals surface area (Å²) in [6.45, 7) is 0. The lowest BCUT2D eigenvalue weighted by Crippen LogP contribution is -1.85. The van der Waals surface area contributed by atoms with Crippen molar-refractivity contribution in [2.24, 2.45) is 0 Å². The second-order valence-electron chi connectivity index (χ2n) is 5.43. The van der Waals surface area contributed by atoms with Gasteiger partial charge in [-0.05, 0) is 36.4 Å². The first-order valence-electron chi connectivity index (χ1n) is 7.50. The Morgan fingerprint density at radius 1 is 1.21 bits per heavy atom. The zero-order valence-electron chi connectivity index (χ0n) is 13.0. The predicted molar refractivity (Wildman–Crippen MR) is 94.4 cm³/mol. The van der Waals surface area contributed by atoms with Crippen LogP contribution in [0.4, 0.5) is 0 Å². The van der Waals surface area contributed by atoms with E-state index in [2.05, 4.69) is 21.0 Å². The van der Waals surface area contributed by atoms with Crippen LogP contribution in [0.5, 0.6) is 5.75 Å². The summed E-state index contributed by atoms with van der Waals surface area (Å²) in [5, 5.41) is 10.6. The molecule has 2 N–H and O–H groups in total. The van der Waals surface area contributed by atoms with Gasteiger partial charge in [0.25, 0.3) is 0 Å². The van der Waals surface area contributed by atoms with Crippen molar-refractivity contribution < 1.29 is 4.74 Å². The fraction of sp³-hybridized carbons (Fsp3) is 0.0526. The number of ether oxygens (including phenoxy) is 1. The molecule has 0 fully saturated rings. The molecule has 0 unspecified atom stereocenters. The number of methoxy groups -OCH3 is 1. The van der Waals surface area contributed by atoms with Crippen LogP contribution in [0, 0.1) is 11.3 Å². The van der Waals surface area contributed by atoms with Crippen LogP contribution in [0.1, 0.15) is 11.4 Å². The van der Waals surface area contributed by atoms with Crippen molar-refractivity contribution >= 4 is 33.6 Å². The highest BCUT2D eigenvalue weighted by atomic mass is 16.5. The third-order valence-electron chi connectivity index (χ3n) is 3.99. The van der Waals surface area contributed by atoms with Crippen molar-refractivity contribution in [1.82, 2.24) is 15.0 Å². The standard InChI is InChI=1S/C19H14N4O/c1-24-14-6-7-16-15(9-14)13(11-21-16)8-12(10-20)19-22-17-4-2-3-5-18(17)23-19/h2-9,11,21H,1H3,(H,22,23). The van der Waals surface area contributed by atoms with E-state index < -0.39 is 0 Å². The van der Waals surface area contributed by atoms with Gasteiger partial charge in [-0.25, -0.2) is 4.98 Å². The molecule has 0 atom stereocenters. The molecule has 2 aromatic heterocycles. The van der Waals surface area contributed by atoms with E-state index in [1.807, 2.05) is 54.7 Å². The highest BCUT2D eigenvalue weighted by molar-refractivity contribution is 5.98. The van der Waals surface area contributed by atoms with Crippen molar-refractivity contribution in [1.29, 1.82) is 5.26 Å². The number of H-pyrrole nitrogens is 2. The van der Waals surface area contributed by atoms with Crippen LogP contribution in [0.3, 0.4) is 0 Å². The molecule has 0 saturated heterocycles. The number of rotatable bonds is 3. The van der Waals surface area contributed by atoms with Crippen molar-refractivity contribution in [3.63, 3.8) is 0 Å². The Labute approximate surface area is 138 Å². The largest absolute Gasteiger partial charge is 0.497 e. The lowest BCUT2D eigenvalue weighted by atomic mass is 10.1. The second-order valence-corrected chi connectivity index (χ2v) is 5.43. The topological polar surface area (TPSA) is 77.5 Å². The Hall–Kier alpha value is -3.52. The zero-order valence-corrected chi connectivity index (χ0v) is 13.0. The molecule has 0 radical (unpaired) electrons. The molecule has 24 heavy (non-hydrogen) atoms. The minimum atomic E-state index is 0.481. The lowest BCUT2D eigenvalue weighted by molar-refractivity contribution is 0.415. The van der Waals surface area contributed by atoms with Gasteiger partial charge in [0.05, 0.1) is 23.7 Å². The van der Waals surface area contributed by atoms with E-state index in [1.165, 1.54) is 0 Å². The monoisotopic (exact) mass is 314 g/mol. The Morgan fingerprint density at radius 3 is 2.88 bits per heavy atom. The van der Waals surface area contributed by atoms with Crippen molar-refractivity contribution in [2.75, 3.05) is 7.11 Å². The summed E-state index contributed by atoms with van der Waals surface area (Å²) in [5.74, 6) is 1.34. The molecule has 116 valence electrons. The van der Waals surface area contributed by atoms with Gasteiger partial charge in [-0.2, -0.15) is 5.26 Å². The molecule has 0 bridgehead atoms. The summed E-state index contributed by atoms with van der Waals surface area (Å²) in [6.07, 6.45) is 3.71. The van der Waals surface area contributed by atoms with Crippen molar-refractivity contribution in [3.8, 4) is 11.8 Å². The Balaban J connectivity index is 1.84. The number of nitrogens with one attached hydrogen (secondary N) is 2. The maximum atomic E-state index is 9.56. The fourth-order valence-corrected chi connectivity index (χ4v) is 2.76. The number of allylic oxidation sites excluding steroid dienone is 1. The molecule has 0 saturated carbocycles. The van der Waals surface area contributed by atoms with E-state index in [-0.39, 0.29) is 0 Å². The van der Waals surface area contributed by atoms with E-state index in [1.54, 1.807) is 7.11 Å². The van der Waals surface area contributed by atoms with Crippen molar-refractivity contribution in [2.45, 2.75) is 0 Å². The van der Waals surface area contributed by atoms with Gasteiger partial charge in [-0.3, -0.25) is 0 Å². The van der Waals surface area contributed by atoms with Gasteiger partial charge in [0, 0.05) is 22.7 Å². The number of nitriles is 1. The SMILES string of the molecule is COc1ccc2[nH]cc(C=C(C#N)c3nc4ccccc4[nH]3)c2c1. The molecule has 0 amide bonds. The smallest absolute Gasteiger partial charge is 0.149 e. The minimum absolute atomic E-state index is 0.481. The van der Waals surface area contributed by atoms with Crippen LogP contribution in [0.25, 0.3) is 33.6 Å². The molecule has 2 heterocycles. The highest BCUT2D eigenvalue weighted by Crippen LogP contribution is 2.27. The maximum Gasteiger partial charge on any atom is 0.149 e. The molecule has 0 aliphatic rings. The van der Waals surface area contributed by atoms with E-state index in [4.69, 9.17) is 4.74 Å². The summed E-state index contributed by atoms with van der Waals surface area (Å²) in [4.78, 5) is 10.9. The van der Waals surface area contributed by atoms with E-state index in [0.717, 1.165) is 33.2 Å². The molecular formula is C19H14N4O. The molecule has 0 spiro atoms. The Bertz CT molecular complexity index is 1080. The third kappa shape index (κ3) is 2.31. The Morgan fingerprint density at radius 2 is 2.08 bits per heavy atom. The molecule has 5 nitrogen and oxygen atoms in total. The number of fused-ring (bicyclic) bond motifs is 2. The summed E-state index contributed by atoms with van der Waals surface area (Å²) in [7, 11) is 1.64. The fourth-order valence-electron chi connectivity index (χ4n) is 2.76. The van der Waals surface area contributed by atoms with Crippen LogP contribution in [-0.4, -0.2) is 22.1 Å². The predicted octanol–water partition coefficient (Wildman–Crippen LogP) is 4.12. The number of nitrogens with zero attached hydrogens (tertiary/aromatic N) is 2. The van der Waals surface area contributed by atoms with Crippen LogP contribution in [0.2, 0.25) is 0 Å². The van der Waals surface area contributed by atoms with Crippen LogP contribution in [0.15, 0.2) is 48.7 Å². The van der Waals surface area contributed by atoms with Crippen LogP contribution >= 0.6 is 0 Å². The van der Waals surface area contributed by atoms with Gasteiger partial charge >= 0.3 is 0 Å². The van der Waals surface area contributed by atoms with Gasteiger partial charge in [0.1, 0.15) is 17.6 Å². The molecule has 0 aliphatic carbocycles. The average molecular weight is 314 g/mol. The molecule has 5 heteroatoms. The number of hydrogen-bond acceptors (Lipinski definition) is 3. The third-order valence-corrected chi connectivity index (χ3v) is 3.99. The number of imidazole rings is 1. The van der Waals surface area contributed by atoms with Gasteiger partial charge in [-0.1, -0.05) is 12.1 Å². The normalized spacial score (nSPS) is 11.8. The lowest BCUT2D eigenvalue weighted by Gasteiger charge is -2.00. The second kappa shape index (κ2) is 5.60. The number of aromatic nitrogens is 3. The molecule has 2 aromatic carbocycles. The summed E-state index contributed by atoms with van der Waals surface area (Å²) >= 11 is 0. The summed E-state index contributed by atoms with van der Waals surface area (Å²) in [6, 6.07) is 15.8. The van der Waals surface area contributed by atoms with Gasteiger partial charge in [0.15, 0.2) is 0 Å². The first-order chi connectivity index (χ1) is 11.8. The molecule has 0 aliphatic heterocycles. The molecule has 4 aromatic rings. The number of benzene rings is 2. The quantitative estimate of drug-likeness (QED) is 0.558. The highest BCUT2D eigenvalue weighted by Gasteiger charge is 2.10. The molecular weight excluding hydrogens is 300 g/mol. The van der Waals surface area contributed by atoms with E-state index in [9.17, 15) is 5.26 Å².